The van der Waals surface area contributed by atoms with Crippen LogP contribution < -0.4 is 0 Å². The average Bonchev–Trinajstić information content (AvgIpc) is 2.78. The molecule has 0 saturated heterocycles. The number of rotatable bonds is 2. The molecule has 0 amide bonds. The molecule has 0 bridgehead atoms. The third-order valence-electron chi connectivity index (χ3n) is 2.20. The molecule has 2 heterocycles. The van der Waals surface area contributed by atoms with Gasteiger partial charge in [-0.25, -0.2) is 15.0 Å². The van der Waals surface area contributed by atoms with Crippen LogP contribution >= 0.6 is 23.4 Å². The van der Waals surface area contributed by atoms with Crippen LogP contribution in [0.2, 0.25) is 5.02 Å². The van der Waals surface area contributed by atoms with E-state index in [1.807, 2.05) is 24.3 Å². The smallest absolute Gasteiger partial charge is 0.181 e. The lowest BCUT2D eigenvalue weighted by atomic mass is 10.4. The van der Waals surface area contributed by atoms with Crippen LogP contribution in [-0.4, -0.2) is 19.9 Å². The van der Waals surface area contributed by atoms with Crippen molar-refractivity contribution in [2.45, 2.75) is 9.92 Å². The topological polar surface area (TPSA) is 54.5 Å². The summed E-state index contributed by atoms with van der Waals surface area (Å²) in [6.07, 6.45) is 3.12. The molecule has 0 aliphatic rings. The van der Waals surface area contributed by atoms with Crippen molar-refractivity contribution in [1.29, 1.82) is 0 Å². The largest absolute Gasteiger partial charge is 0.341 e. The Morgan fingerprint density at radius 3 is 3.00 bits per heavy atom. The molecule has 3 aromatic rings. The van der Waals surface area contributed by atoms with Crippen LogP contribution in [0.3, 0.4) is 0 Å². The number of benzene rings is 1. The Labute approximate surface area is 106 Å². The monoisotopic (exact) mass is 262 g/mol. The molecule has 0 atom stereocenters. The summed E-state index contributed by atoms with van der Waals surface area (Å²) in [5, 5.41) is 1.56. The standard InChI is InChI=1S/C11H7ClN4S/c12-7-2-1-3-8(4-7)17-11-9-10(14-5-13-9)15-6-16-11/h1-6H,(H,13,14,15,16). The zero-order chi connectivity index (χ0) is 11.7. The van der Waals surface area contributed by atoms with E-state index in [2.05, 4.69) is 19.9 Å². The predicted molar refractivity (Wildman–Crippen MR) is 67.3 cm³/mol. The highest BCUT2D eigenvalue weighted by atomic mass is 35.5. The fourth-order valence-electron chi connectivity index (χ4n) is 1.46. The Morgan fingerprint density at radius 2 is 2.12 bits per heavy atom. The van der Waals surface area contributed by atoms with E-state index in [1.165, 1.54) is 18.1 Å². The molecule has 6 heteroatoms. The molecule has 0 spiro atoms. The second-order valence-electron chi connectivity index (χ2n) is 3.34. The molecule has 0 aliphatic heterocycles. The third-order valence-corrected chi connectivity index (χ3v) is 3.43. The number of hydrogen-bond donors (Lipinski definition) is 1. The minimum Gasteiger partial charge on any atom is -0.341 e. The minimum absolute atomic E-state index is 0.671. The first-order valence-corrected chi connectivity index (χ1v) is 6.10. The highest BCUT2D eigenvalue weighted by molar-refractivity contribution is 7.99. The van der Waals surface area contributed by atoms with Gasteiger partial charge < -0.3 is 4.98 Å². The van der Waals surface area contributed by atoms with Crippen molar-refractivity contribution in [3.8, 4) is 0 Å². The van der Waals surface area contributed by atoms with Gasteiger partial charge in [0.2, 0.25) is 0 Å². The quantitative estimate of drug-likeness (QED) is 0.721. The number of fused-ring (bicyclic) bond motifs is 1. The SMILES string of the molecule is Clc1cccc(Sc2ncnc3nc[nH]c23)c1. The summed E-state index contributed by atoms with van der Waals surface area (Å²) in [5.41, 5.74) is 1.52. The zero-order valence-corrected chi connectivity index (χ0v) is 10.2. The van der Waals surface area contributed by atoms with Crippen molar-refractivity contribution in [2.24, 2.45) is 0 Å². The van der Waals surface area contributed by atoms with E-state index >= 15 is 0 Å². The van der Waals surface area contributed by atoms with Crippen molar-refractivity contribution in [3.05, 3.63) is 41.9 Å². The lowest BCUT2D eigenvalue weighted by Crippen LogP contribution is -1.85. The Morgan fingerprint density at radius 1 is 1.18 bits per heavy atom. The molecule has 84 valence electrons. The van der Waals surface area contributed by atoms with E-state index in [1.54, 1.807) is 6.33 Å². The van der Waals surface area contributed by atoms with Gasteiger partial charge in [-0.3, -0.25) is 0 Å². The van der Waals surface area contributed by atoms with Crippen LogP contribution in [0.15, 0.2) is 46.8 Å². The van der Waals surface area contributed by atoms with E-state index < -0.39 is 0 Å². The van der Waals surface area contributed by atoms with Crippen LogP contribution in [0, 0.1) is 0 Å². The van der Waals surface area contributed by atoms with Gasteiger partial charge in [0, 0.05) is 9.92 Å². The predicted octanol–water partition coefficient (Wildman–Crippen LogP) is 3.16. The van der Waals surface area contributed by atoms with Crippen molar-refractivity contribution < 1.29 is 0 Å². The van der Waals surface area contributed by atoms with Gasteiger partial charge in [-0.1, -0.05) is 29.4 Å². The van der Waals surface area contributed by atoms with E-state index in [-0.39, 0.29) is 0 Å². The first-order chi connectivity index (χ1) is 8.33. The highest BCUT2D eigenvalue weighted by Crippen LogP contribution is 2.30. The molecule has 0 fully saturated rings. The number of hydrogen-bond acceptors (Lipinski definition) is 4. The summed E-state index contributed by atoms with van der Waals surface area (Å²) in [7, 11) is 0. The van der Waals surface area contributed by atoms with Crippen molar-refractivity contribution >= 4 is 34.5 Å². The van der Waals surface area contributed by atoms with Crippen molar-refractivity contribution in [2.75, 3.05) is 0 Å². The molecule has 17 heavy (non-hydrogen) atoms. The van der Waals surface area contributed by atoms with Gasteiger partial charge in [-0.15, -0.1) is 0 Å². The Hall–Kier alpha value is -1.59. The van der Waals surface area contributed by atoms with Crippen LogP contribution in [0.1, 0.15) is 0 Å². The van der Waals surface area contributed by atoms with Crippen LogP contribution in [0.25, 0.3) is 11.2 Å². The molecular weight excluding hydrogens is 256 g/mol. The first kappa shape index (κ1) is 10.6. The zero-order valence-electron chi connectivity index (χ0n) is 8.59. The molecule has 4 nitrogen and oxygen atoms in total. The molecule has 1 N–H and O–H groups in total. The normalized spacial score (nSPS) is 10.9. The number of imidazole rings is 1. The molecule has 0 aliphatic carbocycles. The van der Waals surface area contributed by atoms with Gasteiger partial charge in [0.25, 0.3) is 0 Å². The Balaban J connectivity index is 2.02. The summed E-state index contributed by atoms with van der Waals surface area (Å²) < 4.78 is 0. The molecule has 3 rings (SSSR count). The number of nitrogens with zero attached hydrogens (tertiary/aromatic N) is 3. The van der Waals surface area contributed by atoms with Gasteiger partial charge in [0.15, 0.2) is 5.65 Å². The maximum absolute atomic E-state index is 5.94. The third kappa shape index (κ3) is 2.11. The van der Waals surface area contributed by atoms with Gasteiger partial charge >= 0.3 is 0 Å². The fraction of sp³-hybridized carbons (Fsp3) is 0. The van der Waals surface area contributed by atoms with E-state index in [4.69, 9.17) is 11.6 Å². The number of nitrogens with one attached hydrogen (secondary N) is 1. The summed E-state index contributed by atoms with van der Waals surface area (Å²) in [4.78, 5) is 16.5. The second kappa shape index (κ2) is 4.35. The number of aromatic nitrogens is 4. The maximum Gasteiger partial charge on any atom is 0.181 e. The van der Waals surface area contributed by atoms with Crippen LogP contribution in [0.4, 0.5) is 0 Å². The maximum atomic E-state index is 5.94. The Kier molecular flexibility index (Phi) is 2.70. The van der Waals surface area contributed by atoms with Crippen molar-refractivity contribution in [1.82, 2.24) is 19.9 Å². The van der Waals surface area contributed by atoms with E-state index in [0.29, 0.717) is 10.7 Å². The number of halogens is 1. The van der Waals surface area contributed by atoms with Gasteiger partial charge in [0.05, 0.1) is 6.33 Å². The fourth-order valence-corrected chi connectivity index (χ4v) is 2.63. The van der Waals surface area contributed by atoms with Gasteiger partial charge in [0.1, 0.15) is 16.9 Å². The summed E-state index contributed by atoms with van der Waals surface area (Å²) in [5.74, 6) is 0. The van der Waals surface area contributed by atoms with E-state index in [9.17, 15) is 0 Å². The summed E-state index contributed by atoms with van der Waals surface area (Å²) in [6, 6.07) is 7.64. The molecule has 0 radical (unpaired) electrons. The summed E-state index contributed by atoms with van der Waals surface area (Å²) in [6.45, 7) is 0. The van der Waals surface area contributed by atoms with Gasteiger partial charge in [-0.2, -0.15) is 0 Å². The molecular formula is C11H7ClN4S. The highest BCUT2D eigenvalue weighted by Gasteiger charge is 2.07. The molecule has 2 aromatic heterocycles. The summed E-state index contributed by atoms with van der Waals surface area (Å²) >= 11 is 7.47. The first-order valence-electron chi connectivity index (χ1n) is 4.90. The molecule has 0 saturated carbocycles. The number of H-pyrrole nitrogens is 1. The van der Waals surface area contributed by atoms with Crippen molar-refractivity contribution in [3.63, 3.8) is 0 Å². The van der Waals surface area contributed by atoms with E-state index in [0.717, 1.165) is 15.4 Å². The number of aromatic amines is 1. The molecule has 0 unspecified atom stereocenters. The second-order valence-corrected chi connectivity index (χ2v) is 4.84. The Bertz CT molecular complexity index is 667. The molecule has 1 aromatic carbocycles. The van der Waals surface area contributed by atoms with Crippen LogP contribution in [-0.2, 0) is 0 Å². The van der Waals surface area contributed by atoms with Crippen LogP contribution in [0.5, 0.6) is 0 Å². The van der Waals surface area contributed by atoms with Gasteiger partial charge in [-0.05, 0) is 18.2 Å². The lowest BCUT2D eigenvalue weighted by molar-refractivity contribution is 1.08. The average molecular weight is 263 g/mol. The minimum atomic E-state index is 0.671. The lowest BCUT2D eigenvalue weighted by Gasteiger charge is -2.01.